The van der Waals surface area contributed by atoms with Gasteiger partial charge < -0.3 is 25.6 Å². The Labute approximate surface area is 92.8 Å². The third-order valence-corrected chi connectivity index (χ3v) is 2.25. The van der Waals surface area contributed by atoms with Gasteiger partial charge in [-0.15, -0.1) is 0 Å². The van der Waals surface area contributed by atoms with Gasteiger partial charge >= 0.3 is 5.97 Å². The Morgan fingerprint density at radius 1 is 1.56 bits per heavy atom. The minimum absolute atomic E-state index is 0.0127. The fourth-order valence-corrected chi connectivity index (χ4v) is 1.38. The lowest BCUT2D eigenvalue weighted by Crippen LogP contribution is -2.52. The Kier molecular flexibility index (Phi) is 5.17. The Bertz CT molecular complexity index is 252. The lowest BCUT2D eigenvalue weighted by molar-refractivity contribution is -0.145. The van der Waals surface area contributed by atoms with Gasteiger partial charge in [-0.05, 0) is 0 Å². The van der Waals surface area contributed by atoms with E-state index in [0.717, 1.165) is 0 Å². The summed E-state index contributed by atoms with van der Waals surface area (Å²) in [5.74, 6) is -1.63. The second kappa shape index (κ2) is 6.41. The molecule has 1 amide bonds. The number of carbonyl (C=O) groups excluding carboxylic acids is 1. The predicted molar refractivity (Wildman–Crippen MR) is 53.9 cm³/mol. The number of hydrogen-bond donors (Lipinski definition) is 4. The van der Waals surface area contributed by atoms with Crippen LogP contribution >= 0.6 is 0 Å². The Hall–Kier alpha value is -1.18. The van der Waals surface area contributed by atoms with E-state index in [4.69, 9.17) is 14.9 Å². The Morgan fingerprint density at radius 2 is 2.31 bits per heavy atom. The van der Waals surface area contributed by atoms with Gasteiger partial charge in [0.1, 0.15) is 12.1 Å². The monoisotopic (exact) mass is 232 g/mol. The van der Waals surface area contributed by atoms with Crippen molar-refractivity contribution < 1.29 is 24.5 Å². The van der Waals surface area contributed by atoms with E-state index in [0.29, 0.717) is 19.7 Å². The minimum atomic E-state index is -1.16. The van der Waals surface area contributed by atoms with Crippen molar-refractivity contribution in [2.24, 2.45) is 0 Å². The van der Waals surface area contributed by atoms with Crippen molar-refractivity contribution in [2.75, 3.05) is 26.3 Å². The van der Waals surface area contributed by atoms with Gasteiger partial charge in [-0.1, -0.05) is 0 Å². The second-order valence-corrected chi connectivity index (χ2v) is 3.48. The number of amides is 1. The molecule has 2 unspecified atom stereocenters. The fraction of sp³-hybridized carbons (Fsp3) is 0.778. The summed E-state index contributed by atoms with van der Waals surface area (Å²) in [7, 11) is 0. The molecule has 0 radical (unpaired) electrons. The molecule has 0 bridgehead atoms. The Morgan fingerprint density at radius 3 is 2.81 bits per heavy atom. The molecule has 0 spiro atoms. The molecule has 7 nitrogen and oxygen atoms in total. The quantitative estimate of drug-likeness (QED) is 0.433. The van der Waals surface area contributed by atoms with E-state index in [9.17, 15) is 9.59 Å². The molecule has 1 saturated heterocycles. The first-order valence-electron chi connectivity index (χ1n) is 5.11. The SMILES string of the molecule is O=C(O)C(CCO)NC(=O)C1CNCCO1. The summed E-state index contributed by atoms with van der Waals surface area (Å²) < 4.78 is 5.17. The highest BCUT2D eigenvalue weighted by atomic mass is 16.5. The van der Waals surface area contributed by atoms with E-state index in [-0.39, 0.29) is 13.0 Å². The number of aliphatic hydroxyl groups excluding tert-OH is 1. The van der Waals surface area contributed by atoms with Gasteiger partial charge in [0.2, 0.25) is 0 Å². The van der Waals surface area contributed by atoms with E-state index in [1.807, 2.05) is 0 Å². The summed E-state index contributed by atoms with van der Waals surface area (Å²) in [5, 5.41) is 22.7. The summed E-state index contributed by atoms with van der Waals surface area (Å²) in [5.41, 5.74) is 0. The maximum Gasteiger partial charge on any atom is 0.326 e. The standard InChI is InChI=1S/C9H16N2O5/c12-3-1-6(9(14)15)11-8(13)7-5-10-2-4-16-7/h6-7,10,12H,1-5H2,(H,11,13)(H,14,15). The summed E-state index contributed by atoms with van der Waals surface area (Å²) in [4.78, 5) is 22.3. The number of aliphatic hydroxyl groups is 1. The first kappa shape index (κ1) is 12.9. The number of carboxylic acid groups (broad SMARTS) is 1. The number of hydrogen-bond acceptors (Lipinski definition) is 5. The van der Waals surface area contributed by atoms with Gasteiger partial charge in [-0.25, -0.2) is 4.79 Å². The number of ether oxygens (including phenoxy) is 1. The third kappa shape index (κ3) is 3.76. The summed E-state index contributed by atoms with van der Waals surface area (Å²) in [6.07, 6.45) is -0.671. The molecule has 1 fully saturated rings. The normalized spacial score (nSPS) is 22.4. The zero-order chi connectivity index (χ0) is 12.0. The molecule has 0 aliphatic carbocycles. The number of carbonyl (C=O) groups is 2. The molecule has 0 aromatic carbocycles. The number of morpholine rings is 1. The summed E-state index contributed by atoms with van der Waals surface area (Å²) in [6.45, 7) is 1.19. The van der Waals surface area contributed by atoms with Crippen LogP contribution in [-0.2, 0) is 14.3 Å². The van der Waals surface area contributed by atoms with Crippen molar-refractivity contribution in [3.05, 3.63) is 0 Å². The highest BCUT2D eigenvalue weighted by Gasteiger charge is 2.26. The van der Waals surface area contributed by atoms with Crippen molar-refractivity contribution in [2.45, 2.75) is 18.6 Å². The van der Waals surface area contributed by atoms with Crippen molar-refractivity contribution >= 4 is 11.9 Å². The van der Waals surface area contributed by atoms with Gasteiger partial charge in [0, 0.05) is 26.1 Å². The largest absolute Gasteiger partial charge is 0.480 e. The van der Waals surface area contributed by atoms with Crippen LogP contribution in [0.25, 0.3) is 0 Å². The molecule has 4 N–H and O–H groups in total. The Balaban J connectivity index is 2.43. The lowest BCUT2D eigenvalue weighted by atomic mass is 10.2. The van der Waals surface area contributed by atoms with Crippen molar-refractivity contribution in [3.63, 3.8) is 0 Å². The van der Waals surface area contributed by atoms with Crippen LogP contribution in [0.3, 0.4) is 0 Å². The maximum absolute atomic E-state index is 11.6. The van der Waals surface area contributed by atoms with Gasteiger partial charge in [0.15, 0.2) is 0 Å². The van der Waals surface area contributed by atoms with Crippen LogP contribution in [-0.4, -0.2) is 60.5 Å². The minimum Gasteiger partial charge on any atom is -0.480 e. The van der Waals surface area contributed by atoms with E-state index in [2.05, 4.69) is 10.6 Å². The van der Waals surface area contributed by atoms with Gasteiger partial charge in [-0.3, -0.25) is 4.79 Å². The highest BCUT2D eigenvalue weighted by Crippen LogP contribution is 1.99. The van der Waals surface area contributed by atoms with Gasteiger partial charge in [0.25, 0.3) is 5.91 Å². The molecular weight excluding hydrogens is 216 g/mol. The molecule has 7 heteroatoms. The molecule has 0 saturated carbocycles. The molecule has 1 heterocycles. The van der Waals surface area contributed by atoms with Crippen molar-refractivity contribution in [3.8, 4) is 0 Å². The smallest absolute Gasteiger partial charge is 0.326 e. The molecule has 2 atom stereocenters. The predicted octanol–water partition coefficient (Wildman–Crippen LogP) is -2.07. The molecule has 1 aliphatic rings. The molecule has 1 aliphatic heterocycles. The zero-order valence-corrected chi connectivity index (χ0v) is 8.81. The van der Waals surface area contributed by atoms with Crippen LogP contribution in [0, 0.1) is 0 Å². The number of nitrogens with one attached hydrogen (secondary N) is 2. The van der Waals surface area contributed by atoms with Crippen molar-refractivity contribution in [1.82, 2.24) is 10.6 Å². The first-order chi connectivity index (χ1) is 7.65. The molecule has 1 rings (SSSR count). The van der Waals surface area contributed by atoms with Crippen LogP contribution < -0.4 is 10.6 Å². The third-order valence-electron chi connectivity index (χ3n) is 2.25. The second-order valence-electron chi connectivity index (χ2n) is 3.48. The lowest BCUT2D eigenvalue weighted by Gasteiger charge is -2.24. The van der Waals surface area contributed by atoms with Crippen molar-refractivity contribution in [1.29, 1.82) is 0 Å². The van der Waals surface area contributed by atoms with E-state index in [1.165, 1.54) is 0 Å². The summed E-state index contributed by atoms with van der Waals surface area (Å²) >= 11 is 0. The van der Waals surface area contributed by atoms with Crippen LogP contribution in [0.2, 0.25) is 0 Å². The van der Waals surface area contributed by atoms with E-state index in [1.54, 1.807) is 0 Å². The van der Waals surface area contributed by atoms with Gasteiger partial charge in [0.05, 0.1) is 6.61 Å². The molecule has 0 aromatic rings. The number of carboxylic acids is 1. The van der Waals surface area contributed by atoms with Crippen LogP contribution in [0.4, 0.5) is 0 Å². The van der Waals surface area contributed by atoms with E-state index < -0.39 is 24.0 Å². The fourth-order valence-electron chi connectivity index (χ4n) is 1.38. The van der Waals surface area contributed by atoms with Crippen LogP contribution in [0.5, 0.6) is 0 Å². The molecule has 16 heavy (non-hydrogen) atoms. The zero-order valence-electron chi connectivity index (χ0n) is 8.81. The summed E-state index contributed by atoms with van der Waals surface area (Å²) in [6, 6.07) is -1.07. The first-order valence-corrected chi connectivity index (χ1v) is 5.11. The number of rotatable bonds is 5. The molecule has 92 valence electrons. The average molecular weight is 232 g/mol. The number of aliphatic carboxylic acids is 1. The van der Waals surface area contributed by atoms with Crippen LogP contribution in [0.1, 0.15) is 6.42 Å². The van der Waals surface area contributed by atoms with Crippen LogP contribution in [0.15, 0.2) is 0 Å². The molecular formula is C9H16N2O5. The maximum atomic E-state index is 11.6. The molecule has 0 aromatic heterocycles. The topological polar surface area (TPSA) is 108 Å². The average Bonchev–Trinajstić information content (AvgIpc) is 2.29. The highest BCUT2D eigenvalue weighted by molar-refractivity contribution is 5.86. The van der Waals surface area contributed by atoms with Gasteiger partial charge in [-0.2, -0.15) is 0 Å². The van der Waals surface area contributed by atoms with E-state index >= 15 is 0 Å².